The Balaban J connectivity index is 0.960. The van der Waals surface area contributed by atoms with Gasteiger partial charge in [-0.2, -0.15) is 0 Å². The van der Waals surface area contributed by atoms with Gasteiger partial charge in [-0.15, -0.1) is 0 Å². The van der Waals surface area contributed by atoms with E-state index in [9.17, 15) is 0 Å². The molecule has 6 nitrogen and oxygen atoms in total. The van der Waals surface area contributed by atoms with Gasteiger partial charge in [-0.3, -0.25) is 0 Å². The molecule has 0 saturated carbocycles. The van der Waals surface area contributed by atoms with Crippen LogP contribution in [0.3, 0.4) is 0 Å². The number of rotatable bonds is 18. The first-order valence-electron chi connectivity index (χ1n) is 23.9. The number of hydrogen-bond acceptors (Lipinski definition) is 6. The number of methoxy groups -OCH3 is 4. The van der Waals surface area contributed by atoms with Crippen molar-refractivity contribution in [3.63, 3.8) is 0 Å². The SMILES string of the molecule is CCCC1(CCC)c2cc(/C=C/c3ccc(N(c4ccc(OC)cc4)c4ccc(OC)cc4)cc3)ccc2-c2ccc(/C=C/c3ccc(N(c4ccc(OC)cc4)c4ccc(OC)cc4)cc3)cc21. The molecule has 0 heterocycles. The molecule has 0 unspecified atom stereocenters. The standard InChI is InChI=1S/C63H60N2O4/c1-7-41-63(42-8-2)61-43-47(11-9-45-13-19-49(20-14-45)64(51-23-31-55(66-3)32-24-51)52-25-33-56(67-4)34-26-52)17-39-59(61)60-40-18-48(44-62(60)63)12-10-46-15-21-50(22-16-46)65(53-27-35-57(68-5)36-28-53)54-29-37-58(69-6)38-30-54/h9-40,43-44H,7-8,41-42H2,1-6H3/b11-9+,12-10+. The van der Waals surface area contributed by atoms with E-state index in [4.69, 9.17) is 18.9 Å². The molecule has 0 bridgehead atoms. The molecule has 1 aliphatic carbocycles. The Labute approximate surface area is 408 Å². The Kier molecular flexibility index (Phi) is 14.0. The van der Waals surface area contributed by atoms with Crippen LogP contribution in [0.2, 0.25) is 0 Å². The molecule has 8 aromatic carbocycles. The van der Waals surface area contributed by atoms with Crippen LogP contribution < -0.4 is 28.7 Å². The number of fused-ring (bicyclic) bond motifs is 3. The lowest BCUT2D eigenvalue weighted by Gasteiger charge is -2.32. The minimum atomic E-state index is -0.0517. The predicted molar refractivity (Wildman–Crippen MR) is 289 cm³/mol. The van der Waals surface area contributed by atoms with Crippen molar-refractivity contribution in [2.24, 2.45) is 0 Å². The van der Waals surface area contributed by atoms with E-state index in [2.05, 4.69) is 181 Å². The highest BCUT2D eigenvalue weighted by Gasteiger charge is 2.42. The second kappa shape index (κ2) is 20.9. The molecule has 0 aliphatic heterocycles. The van der Waals surface area contributed by atoms with Crippen LogP contribution in [0, 0.1) is 0 Å². The zero-order chi connectivity index (χ0) is 47.7. The Morgan fingerprint density at radius 3 is 0.841 bits per heavy atom. The fraction of sp³-hybridized carbons (Fsp3) is 0.175. The first kappa shape index (κ1) is 46.2. The fourth-order valence-electron chi connectivity index (χ4n) is 9.93. The van der Waals surface area contributed by atoms with Gasteiger partial charge in [-0.05, 0) is 179 Å². The molecule has 0 amide bonds. The summed E-state index contributed by atoms with van der Waals surface area (Å²) in [5.41, 5.74) is 16.5. The monoisotopic (exact) mass is 908 g/mol. The number of benzene rings is 8. The quantitative estimate of drug-likeness (QED) is 0.0799. The van der Waals surface area contributed by atoms with Crippen molar-refractivity contribution in [1.29, 1.82) is 0 Å². The second-order valence-corrected chi connectivity index (χ2v) is 17.5. The maximum atomic E-state index is 5.46. The summed E-state index contributed by atoms with van der Waals surface area (Å²) in [5, 5.41) is 0. The van der Waals surface area contributed by atoms with Crippen molar-refractivity contribution in [2.45, 2.75) is 44.9 Å². The third kappa shape index (κ3) is 9.75. The number of anilines is 6. The lowest BCUT2D eigenvalue weighted by atomic mass is 9.71. The Morgan fingerprint density at radius 1 is 0.333 bits per heavy atom. The summed E-state index contributed by atoms with van der Waals surface area (Å²) >= 11 is 0. The van der Waals surface area contributed by atoms with E-state index in [1.807, 2.05) is 48.5 Å². The molecule has 0 spiro atoms. The molecule has 1 aliphatic rings. The van der Waals surface area contributed by atoms with Crippen LogP contribution in [0.1, 0.15) is 72.9 Å². The topological polar surface area (TPSA) is 43.4 Å². The van der Waals surface area contributed by atoms with E-state index in [1.165, 1.54) is 33.4 Å². The van der Waals surface area contributed by atoms with Crippen LogP contribution >= 0.6 is 0 Å². The fourth-order valence-corrected chi connectivity index (χ4v) is 9.93. The molecule has 0 N–H and O–H groups in total. The van der Waals surface area contributed by atoms with E-state index >= 15 is 0 Å². The predicted octanol–water partition coefficient (Wildman–Crippen LogP) is 16.9. The molecule has 6 heteroatoms. The summed E-state index contributed by atoms with van der Waals surface area (Å²) in [6.45, 7) is 4.65. The molecule has 0 radical (unpaired) electrons. The average molecular weight is 909 g/mol. The molecular weight excluding hydrogens is 849 g/mol. The minimum absolute atomic E-state index is 0.0517. The summed E-state index contributed by atoms with van der Waals surface area (Å²) < 4.78 is 21.8. The molecule has 8 aromatic rings. The number of ether oxygens (including phenoxy) is 4. The van der Waals surface area contributed by atoms with Crippen molar-refractivity contribution in [2.75, 3.05) is 38.2 Å². The van der Waals surface area contributed by atoms with E-state index < -0.39 is 0 Å². The molecular formula is C63H60N2O4. The highest BCUT2D eigenvalue weighted by molar-refractivity contribution is 5.86. The third-order valence-corrected chi connectivity index (χ3v) is 13.3. The Bertz CT molecular complexity index is 2720. The van der Waals surface area contributed by atoms with Gasteiger partial charge in [0.05, 0.1) is 28.4 Å². The van der Waals surface area contributed by atoms with Gasteiger partial charge in [-0.25, -0.2) is 0 Å². The van der Waals surface area contributed by atoms with Crippen LogP contribution in [-0.4, -0.2) is 28.4 Å². The zero-order valence-corrected chi connectivity index (χ0v) is 40.5. The highest BCUT2D eigenvalue weighted by atomic mass is 16.5. The summed E-state index contributed by atoms with van der Waals surface area (Å²) in [5.74, 6) is 3.29. The molecule has 0 saturated heterocycles. The first-order chi connectivity index (χ1) is 33.9. The first-order valence-corrected chi connectivity index (χ1v) is 23.9. The number of hydrogen-bond donors (Lipinski definition) is 0. The van der Waals surface area contributed by atoms with Gasteiger partial charge in [0, 0.05) is 39.5 Å². The van der Waals surface area contributed by atoms with Crippen molar-refractivity contribution in [3.8, 4) is 34.1 Å². The molecule has 9 rings (SSSR count). The van der Waals surface area contributed by atoms with Crippen LogP contribution in [0.4, 0.5) is 34.1 Å². The Morgan fingerprint density at radius 2 is 0.580 bits per heavy atom. The van der Waals surface area contributed by atoms with E-state index in [0.29, 0.717) is 0 Å². The molecule has 69 heavy (non-hydrogen) atoms. The third-order valence-electron chi connectivity index (χ3n) is 13.3. The van der Waals surface area contributed by atoms with Crippen LogP contribution in [0.5, 0.6) is 23.0 Å². The van der Waals surface area contributed by atoms with Gasteiger partial charge in [0.15, 0.2) is 0 Å². The van der Waals surface area contributed by atoms with E-state index in [1.54, 1.807) is 28.4 Å². The number of nitrogens with zero attached hydrogens (tertiary/aromatic N) is 2. The maximum Gasteiger partial charge on any atom is 0.119 e. The zero-order valence-electron chi connectivity index (χ0n) is 40.5. The van der Waals surface area contributed by atoms with E-state index in [0.717, 1.165) is 93.9 Å². The van der Waals surface area contributed by atoms with Gasteiger partial charge >= 0.3 is 0 Å². The van der Waals surface area contributed by atoms with Gasteiger partial charge < -0.3 is 28.7 Å². The van der Waals surface area contributed by atoms with E-state index in [-0.39, 0.29) is 5.41 Å². The summed E-state index contributed by atoms with van der Waals surface area (Å²) in [6.07, 6.45) is 13.4. The minimum Gasteiger partial charge on any atom is -0.497 e. The lowest BCUT2D eigenvalue weighted by Crippen LogP contribution is -2.25. The van der Waals surface area contributed by atoms with Crippen molar-refractivity contribution in [1.82, 2.24) is 0 Å². The summed E-state index contributed by atoms with van der Waals surface area (Å²) in [4.78, 5) is 4.49. The lowest BCUT2D eigenvalue weighted by molar-refractivity contribution is 0.414. The normalized spacial score (nSPS) is 12.4. The van der Waals surface area contributed by atoms with Gasteiger partial charge in [0.1, 0.15) is 23.0 Å². The average Bonchev–Trinajstić information content (AvgIpc) is 3.66. The van der Waals surface area contributed by atoms with Gasteiger partial charge in [0.25, 0.3) is 0 Å². The molecule has 0 aromatic heterocycles. The summed E-state index contributed by atoms with van der Waals surface area (Å²) in [6, 6.07) is 64.3. The van der Waals surface area contributed by atoms with Crippen molar-refractivity contribution in [3.05, 3.63) is 215 Å². The van der Waals surface area contributed by atoms with Crippen LogP contribution in [-0.2, 0) is 5.41 Å². The van der Waals surface area contributed by atoms with Crippen molar-refractivity contribution < 1.29 is 18.9 Å². The van der Waals surface area contributed by atoms with Gasteiger partial charge in [-0.1, -0.05) is 112 Å². The van der Waals surface area contributed by atoms with Crippen LogP contribution in [0.25, 0.3) is 35.4 Å². The maximum absolute atomic E-state index is 5.46. The second-order valence-electron chi connectivity index (χ2n) is 17.5. The van der Waals surface area contributed by atoms with Crippen molar-refractivity contribution >= 4 is 58.4 Å². The Hall–Kier alpha value is -7.96. The smallest absolute Gasteiger partial charge is 0.119 e. The van der Waals surface area contributed by atoms with Gasteiger partial charge in [0.2, 0.25) is 0 Å². The molecule has 0 fully saturated rings. The molecule has 0 atom stereocenters. The summed E-state index contributed by atoms with van der Waals surface area (Å²) in [7, 11) is 6.77. The molecule has 346 valence electrons. The van der Waals surface area contributed by atoms with Crippen LogP contribution in [0.15, 0.2) is 182 Å². The largest absolute Gasteiger partial charge is 0.497 e. The highest BCUT2D eigenvalue weighted by Crippen LogP contribution is 2.54.